The number of guanidine groups is 2. The summed E-state index contributed by atoms with van der Waals surface area (Å²) in [5.41, 5.74) is 18.5. The molecule has 0 aliphatic carbocycles. The van der Waals surface area contributed by atoms with Gasteiger partial charge < -0.3 is 17.2 Å². The van der Waals surface area contributed by atoms with Crippen LogP contribution in [0.1, 0.15) is 0 Å². The first-order chi connectivity index (χ1) is 9.16. The van der Waals surface area contributed by atoms with Crippen molar-refractivity contribution in [1.29, 1.82) is 0 Å². The zero-order valence-electron chi connectivity index (χ0n) is 10.2. The van der Waals surface area contributed by atoms with Crippen molar-refractivity contribution in [3.05, 3.63) is 48.7 Å². The molecular weight excluding hydrogens is 240 g/mol. The number of rotatable bonds is 2. The topological polar surface area (TPSA) is 116 Å². The molecule has 6 heteroatoms. The lowest BCUT2D eigenvalue weighted by molar-refractivity contribution is 1.31. The average molecular weight is 254 g/mol. The van der Waals surface area contributed by atoms with Gasteiger partial charge in [-0.25, -0.2) is 4.99 Å². The van der Waals surface area contributed by atoms with Crippen molar-refractivity contribution in [2.45, 2.75) is 0 Å². The van der Waals surface area contributed by atoms with Crippen molar-refractivity contribution >= 4 is 17.6 Å². The molecule has 0 aliphatic heterocycles. The predicted octanol–water partition coefficient (Wildman–Crippen LogP) is 0.968. The highest BCUT2D eigenvalue weighted by atomic mass is 15.1. The molecule has 1 aromatic carbocycles. The quantitative estimate of drug-likeness (QED) is 0.547. The molecule has 2 rings (SSSR count). The van der Waals surface area contributed by atoms with Gasteiger partial charge >= 0.3 is 0 Å². The van der Waals surface area contributed by atoms with Crippen LogP contribution < -0.4 is 17.2 Å². The van der Waals surface area contributed by atoms with Crippen LogP contribution in [0.25, 0.3) is 11.3 Å². The van der Waals surface area contributed by atoms with E-state index in [1.165, 1.54) is 0 Å². The Kier molecular flexibility index (Phi) is 3.72. The first-order valence-electron chi connectivity index (χ1n) is 5.61. The van der Waals surface area contributed by atoms with Gasteiger partial charge in [-0.3, -0.25) is 4.98 Å². The molecule has 0 amide bonds. The third-order valence-corrected chi connectivity index (χ3v) is 2.32. The van der Waals surface area contributed by atoms with Crippen LogP contribution in [0, 0.1) is 0 Å². The van der Waals surface area contributed by atoms with Gasteiger partial charge in [-0.05, 0) is 18.2 Å². The highest BCUT2D eigenvalue weighted by Gasteiger charge is 2.04. The van der Waals surface area contributed by atoms with Gasteiger partial charge in [-0.15, -0.1) is 0 Å². The van der Waals surface area contributed by atoms with Gasteiger partial charge in [0.05, 0.1) is 11.4 Å². The zero-order valence-corrected chi connectivity index (χ0v) is 10.2. The first kappa shape index (κ1) is 12.6. The van der Waals surface area contributed by atoms with E-state index in [0.717, 1.165) is 11.3 Å². The van der Waals surface area contributed by atoms with Gasteiger partial charge in [-0.1, -0.05) is 24.3 Å². The normalized spacial score (nSPS) is 11.1. The monoisotopic (exact) mass is 254 g/mol. The predicted molar refractivity (Wildman–Crippen MR) is 76.8 cm³/mol. The van der Waals surface area contributed by atoms with Gasteiger partial charge in [0.15, 0.2) is 5.96 Å². The summed E-state index contributed by atoms with van der Waals surface area (Å²) in [6.45, 7) is 0. The summed E-state index contributed by atoms with van der Waals surface area (Å²) in [5.74, 6) is -0.125. The molecule has 0 bridgehead atoms. The standard InChI is InChI=1S/C13H14N6/c14-12(15)19-13(16)18-11-7-2-1-5-9(11)10-6-3-4-8-17-10/h1-8H,(H6,14,15,16,18,19). The van der Waals surface area contributed by atoms with E-state index < -0.39 is 0 Å². The zero-order chi connectivity index (χ0) is 13.7. The van der Waals surface area contributed by atoms with Crippen LogP contribution in [0.15, 0.2) is 58.6 Å². The molecule has 6 nitrogen and oxygen atoms in total. The second-order valence-corrected chi connectivity index (χ2v) is 3.74. The number of benzene rings is 1. The highest BCUT2D eigenvalue weighted by Crippen LogP contribution is 2.28. The fraction of sp³-hybridized carbons (Fsp3) is 0. The molecule has 0 fully saturated rings. The van der Waals surface area contributed by atoms with Crippen LogP contribution in [0.5, 0.6) is 0 Å². The summed E-state index contributed by atoms with van der Waals surface area (Å²) < 4.78 is 0. The Morgan fingerprint density at radius 1 is 0.947 bits per heavy atom. The Hall–Kier alpha value is -2.89. The molecule has 19 heavy (non-hydrogen) atoms. The number of hydrogen-bond donors (Lipinski definition) is 3. The summed E-state index contributed by atoms with van der Waals surface area (Å²) in [4.78, 5) is 12.2. The van der Waals surface area contributed by atoms with Crippen LogP contribution >= 0.6 is 0 Å². The summed E-state index contributed by atoms with van der Waals surface area (Å²) in [5, 5.41) is 0. The van der Waals surface area contributed by atoms with Crippen LogP contribution in [-0.4, -0.2) is 16.9 Å². The van der Waals surface area contributed by atoms with Crippen molar-refractivity contribution in [1.82, 2.24) is 4.98 Å². The van der Waals surface area contributed by atoms with Crippen molar-refractivity contribution in [2.24, 2.45) is 27.2 Å². The Bertz CT molecular complexity index is 614. The summed E-state index contributed by atoms with van der Waals surface area (Å²) >= 11 is 0. The molecule has 0 spiro atoms. The van der Waals surface area contributed by atoms with Crippen LogP contribution in [0.2, 0.25) is 0 Å². The van der Waals surface area contributed by atoms with Gasteiger partial charge in [0.1, 0.15) is 0 Å². The molecule has 2 aromatic rings. The SMILES string of the molecule is NC(N)=NC(N)=Nc1ccccc1-c1ccccn1. The molecule has 96 valence electrons. The number of para-hydroxylation sites is 1. The summed E-state index contributed by atoms with van der Waals surface area (Å²) in [7, 11) is 0. The lowest BCUT2D eigenvalue weighted by atomic mass is 10.1. The smallest absolute Gasteiger partial charge is 0.223 e. The van der Waals surface area contributed by atoms with Gasteiger partial charge in [0.2, 0.25) is 5.96 Å². The second-order valence-electron chi connectivity index (χ2n) is 3.74. The maximum absolute atomic E-state index is 5.64. The van der Waals surface area contributed by atoms with E-state index in [4.69, 9.17) is 17.2 Å². The van der Waals surface area contributed by atoms with E-state index >= 15 is 0 Å². The van der Waals surface area contributed by atoms with E-state index in [2.05, 4.69) is 15.0 Å². The van der Waals surface area contributed by atoms with Crippen LogP contribution in [-0.2, 0) is 0 Å². The van der Waals surface area contributed by atoms with Gasteiger partial charge in [0, 0.05) is 11.8 Å². The maximum atomic E-state index is 5.64. The van der Waals surface area contributed by atoms with Crippen LogP contribution in [0.3, 0.4) is 0 Å². The molecular formula is C13H14N6. The van der Waals surface area contributed by atoms with Crippen molar-refractivity contribution < 1.29 is 0 Å². The highest BCUT2D eigenvalue weighted by molar-refractivity contribution is 5.94. The minimum atomic E-state index is -0.128. The minimum absolute atomic E-state index is 0.00313. The lowest BCUT2D eigenvalue weighted by Gasteiger charge is -2.04. The van der Waals surface area contributed by atoms with Crippen LogP contribution in [0.4, 0.5) is 5.69 Å². The van der Waals surface area contributed by atoms with E-state index in [0.29, 0.717) is 5.69 Å². The van der Waals surface area contributed by atoms with Gasteiger partial charge in [0.25, 0.3) is 0 Å². The fourth-order valence-corrected chi connectivity index (χ4v) is 1.59. The average Bonchev–Trinajstić information content (AvgIpc) is 2.39. The molecule has 0 atom stereocenters. The minimum Gasteiger partial charge on any atom is -0.370 e. The van der Waals surface area contributed by atoms with E-state index in [-0.39, 0.29) is 11.9 Å². The Balaban J connectivity index is 2.46. The first-order valence-corrected chi connectivity index (χ1v) is 5.61. The molecule has 0 aliphatic rings. The number of pyridine rings is 1. The third kappa shape index (κ3) is 3.29. The molecule has 6 N–H and O–H groups in total. The summed E-state index contributed by atoms with van der Waals surface area (Å²) in [6, 6.07) is 13.1. The van der Waals surface area contributed by atoms with E-state index in [9.17, 15) is 0 Å². The van der Waals surface area contributed by atoms with Gasteiger partial charge in [-0.2, -0.15) is 4.99 Å². The molecule has 1 aromatic heterocycles. The Morgan fingerprint density at radius 2 is 1.68 bits per heavy atom. The molecule has 0 saturated heterocycles. The number of nitrogens with two attached hydrogens (primary N) is 3. The maximum Gasteiger partial charge on any atom is 0.223 e. The number of hydrogen-bond acceptors (Lipinski definition) is 2. The van der Waals surface area contributed by atoms with Crippen molar-refractivity contribution in [3.8, 4) is 11.3 Å². The molecule has 0 unspecified atom stereocenters. The number of aromatic nitrogens is 1. The van der Waals surface area contributed by atoms with E-state index in [1.807, 2.05) is 42.5 Å². The Morgan fingerprint density at radius 3 is 2.37 bits per heavy atom. The lowest BCUT2D eigenvalue weighted by Crippen LogP contribution is -2.26. The largest absolute Gasteiger partial charge is 0.370 e. The second kappa shape index (κ2) is 5.63. The molecule has 0 radical (unpaired) electrons. The molecule has 1 heterocycles. The number of nitrogens with zero attached hydrogens (tertiary/aromatic N) is 3. The van der Waals surface area contributed by atoms with E-state index in [1.54, 1.807) is 6.20 Å². The fourth-order valence-electron chi connectivity index (χ4n) is 1.59. The summed E-state index contributed by atoms with van der Waals surface area (Å²) in [6.07, 6.45) is 1.72. The Labute approximate surface area is 110 Å². The molecule has 0 saturated carbocycles. The number of aliphatic imine (C=N–C) groups is 2. The van der Waals surface area contributed by atoms with Crippen molar-refractivity contribution in [2.75, 3.05) is 0 Å². The van der Waals surface area contributed by atoms with Crippen molar-refractivity contribution in [3.63, 3.8) is 0 Å². The third-order valence-electron chi connectivity index (χ3n) is 2.32.